The lowest BCUT2D eigenvalue weighted by Gasteiger charge is -2.26. The Morgan fingerprint density at radius 2 is 1.95 bits per heavy atom. The van der Waals surface area contributed by atoms with Gasteiger partial charge in [0.05, 0.1) is 12.1 Å². The van der Waals surface area contributed by atoms with Crippen molar-refractivity contribution in [1.29, 1.82) is 0 Å². The van der Waals surface area contributed by atoms with Crippen LogP contribution >= 0.6 is 0 Å². The van der Waals surface area contributed by atoms with Crippen LogP contribution in [0.15, 0.2) is 42.5 Å². The van der Waals surface area contributed by atoms with Gasteiger partial charge in [-0.3, -0.25) is 4.79 Å². The van der Waals surface area contributed by atoms with E-state index in [9.17, 15) is 13.6 Å². The maximum atomic E-state index is 13.5. The normalized spacial score (nSPS) is 16.2. The molecule has 6 heteroatoms. The average Bonchev–Trinajstić information content (AvgIpc) is 2.54. The molecule has 1 aliphatic heterocycles. The van der Waals surface area contributed by atoms with Crippen LogP contribution in [-0.2, 0) is 0 Å². The zero-order chi connectivity index (χ0) is 15.5. The predicted molar refractivity (Wildman–Crippen MR) is 75.0 cm³/mol. The van der Waals surface area contributed by atoms with Gasteiger partial charge in [-0.15, -0.1) is 0 Å². The van der Waals surface area contributed by atoms with E-state index in [1.165, 1.54) is 0 Å². The maximum Gasteiger partial charge on any atom is 0.254 e. The third-order valence-corrected chi connectivity index (χ3v) is 3.23. The molecule has 4 nitrogen and oxygen atoms in total. The first kappa shape index (κ1) is 14.3. The van der Waals surface area contributed by atoms with Gasteiger partial charge in [0.2, 0.25) is 0 Å². The van der Waals surface area contributed by atoms with Crippen molar-refractivity contribution in [1.82, 2.24) is 5.32 Å². The van der Waals surface area contributed by atoms with Gasteiger partial charge in [0.15, 0.2) is 11.5 Å². The van der Waals surface area contributed by atoms with E-state index in [0.717, 1.165) is 18.2 Å². The van der Waals surface area contributed by atoms with E-state index >= 15 is 0 Å². The van der Waals surface area contributed by atoms with Crippen LogP contribution in [0.25, 0.3) is 0 Å². The van der Waals surface area contributed by atoms with Gasteiger partial charge in [0, 0.05) is 0 Å². The van der Waals surface area contributed by atoms with Crippen molar-refractivity contribution in [3.05, 3.63) is 59.7 Å². The third kappa shape index (κ3) is 3.00. The zero-order valence-corrected chi connectivity index (χ0v) is 11.5. The Balaban J connectivity index is 1.61. The third-order valence-electron chi connectivity index (χ3n) is 3.23. The van der Waals surface area contributed by atoms with Crippen LogP contribution in [0.5, 0.6) is 11.5 Å². The fraction of sp³-hybridized carbons (Fsp3) is 0.188. The molecule has 2 aromatic rings. The van der Waals surface area contributed by atoms with E-state index in [1.54, 1.807) is 12.1 Å². The number of halogens is 2. The van der Waals surface area contributed by atoms with E-state index in [-0.39, 0.29) is 18.7 Å². The Labute approximate surface area is 125 Å². The summed E-state index contributed by atoms with van der Waals surface area (Å²) in [5.41, 5.74) is -0.336. The highest BCUT2D eigenvalue weighted by molar-refractivity contribution is 5.94. The van der Waals surface area contributed by atoms with Gasteiger partial charge in [-0.2, -0.15) is 0 Å². The number of carbonyl (C=O) groups is 1. The van der Waals surface area contributed by atoms with Gasteiger partial charge in [-0.1, -0.05) is 12.1 Å². The lowest BCUT2D eigenvalue weighted by atomic mass is 10.2. The Morgan fingerprint density at radius 1 is 1.18 bits per heavy atom. The zero-order valence-electron chi connectivity index (χ0n) is 11.5. The van der Waals surface area contributed by atoms with Crippen molar-refractivity contribution >= 4 is 5.91 Å². The Kier molecular flexibility index (Phi) is 3.91. The summed E-state index contributed by atoms with van der Waals surface area (Å²) < 4.78 is 37.7. The predicted octanol–water partition coefficient (Wildman–Crippen LogP) is 2.53. The molecule has 0 aliphatic carbocycles. The number of hydrogen-bond donors (Lipinski definition) is 1. The molecule has 0 aromatic heterocycles. The first-order valence-electron chi connectivity index (χ1n) is 6.75. The number of nitrogens with one attached hydrogen (secondary N) is 1. The second kappa shape index (κ2) is 6.01. The SMILES string of the molecule is O=C(NCC1COc2ccccc2O1)c1cc(F)ccc1F. The minimum absolute atomic E-state index is 0.128. The Morgan fingerprint density at radius 3 is 2.77 bits per heavy atom. The van der Waals surface area contributed by atoms with Crippen LogP contribution in [0.1, 0.15) is 10.4 Å². The van der Waals surface area contributed by atoms with Crippen LogP contribution in [-0.4, -0.2) is 25.2 Å². The molecule has 0 saturated heterocycles. The molecule has 3 rings (SSSR count). The van der Waals surface area contributed by atoms with Gasteiger partial charge < -0.3 is 14.8 Å². The van der Waals surface area contributed by atoms with Crippen molar-refractivity contribution in [2.45, 2.75) is 6.10 Å². The molecule has 1 aliphatic rings. The monoisotopic (exact) mass is 305 g/mol. The molecule has 2 aromatic carbocycles. The molecule has 1 amide bonds. The first-order chi connectivity index (χ1) is 10.6. The maximum absolute atomic E-state index is 13.5. The lowest BCUT2D eigenvalue weighted by molar-refractivity contribution is 0.0786. The molecule has 1 atom stereocenters. The number of benzene rings is 2. The van der Waals surface area contributed by atoms with Crippen LogP contribution in [0.2, 0.25) is 0 Å². The number of para-hydroxylation sites is 2. The second-order valence-corrected chi connectivity index (χ2v) is 4.83. The summed E-state index contributed by atoms with van der Waals surface area (Å²) in [6.45, 7) is 0.395. The second-order valence-electron chi connectivity index (χ2n) is 4.83. The molecule has 114 valence electrons. The summed E-state index contributed by atoms with van der Waals surface area (Å²) in [5, 5.41) is 2.52. The smallest absolute Gasteiger partial charge is 0.254 e. The highest BCUT2D eigenvalue weighted by atomic mass is 19.1. The summed E-state index contributed by atoms with van der Waals surface area (Å²) in [7, 11) is 0. The molecule has 0 bridgehead atoms. The van der Waals surface area contributed by atoms with Gasteiger partial charge in [0.1, 0.15) is 24.3 Å². The summed E-state index contributed by atoms with van der Waals surface area (Å²) in [5.74, 6) is -0.909. The van der Waals surface area contributed by atoms with Gasteiger partial charge in [-0.25, -0.2) is 8.78 Å². The number of hydrogen-bond acceptors (Lipinski definition) is 3. The molecular formula is C16H13F2NO3. The quantitative estimate of drug-likeness (QED) is 0.948. The molecule has 1 unspecified atom stereocenters. The molecule has 0 spiro atoms. The fourth-order valence-corrected chi connectivity index (χ4v) is 2.14. The lowest BCUT2D eigenvalue weighted by Crippen LogP contribution is -2.41. The Hall–Kier alpha value is -2.63. The first-order valence-corrected chi connectivity index (χ1v) is 6.75. The van der Waals surface area contributed by atoms with Crippen LogP contribution in [0.4, 0.5) is 8.78 Å². The van der Waals surface area contributed by atoms with Gasteiger partial charge >= 0.3 is 0 Å². The van der Waals surface area contributed by atoms with E-state index in [1.807, 2.05) is 12.1 Å². The van der Waals surface area contributed by atoms with E-state index < -0.39 is 23.6 Å². The number of fused-ring (bicyclic) bond motifs is 1. The number of amides is 1. The average molecular weight is 305 g/mol. The minimum atomic E-state index is -0.773. The Bertz CT molecular complexity index is 706. The van der Waals surface area contributed by atoms with Crippen molar-refractivity contribution in [3.63, 3.8) is 0 Å². The highest BCUT2D eigenvalue weighted by Crippen LogP contribution is 2.30. The van der Waals surface area contributed by atoms with Crippen molar-refractivity contribution < 1.29 is 23.0 Å². The van der Waals surface area contributed by atoms with Crippen molar-refractivity contribution in [3.8, 4) is 11.5 Å². The summed E-state index contributed by atoms with van der Waals surface area (Å²) in [6, 6.07) is 9.92. The highest BCUT2D eigenvalue weighted by Gasteiger charge is 2.22. The standard InChI is InChI=1S/C16H13F2NO3/c17-10-5-6-13(18)12(7-10)16(20)19-8-11-9-21-14-3-1-2-4-15(14)22-11/h1-7,11H,8-9H2,(H,19,20). The molecule has 1 heterocycles. The van der Waals surface area contributed by atoms with E-state index in [4.69, 9.17) is 9.47 Å². The molecule has 22 heavy (non-hydrogen) atoms. The number of ether oxygens (including phenoxy) is 2. The molecule has 1 N–H and O–H groups in total. The van der Waals surface area contributed by atoms with Crippen LogP contribution < -0.4 is 14.8 Å². The summed E-state index contributed by atoms with van der Waals surface area (Å²) in [4.78, 5) is 11.9. The van der Waals surface area contributed by atoms with Crippen molar-refractivity contribution in [2.75, 3.05) is 13.2 Å². The minimum Gasteiger partial charge on any atom is -0.486 e. The van der Waals surface area contributed by atoms with Gasteiger partial charge in [-0.05, 0) is 30.3 Å². The van der Waals surface area contributed by atoms with E-state index in [0.29, 0.717) is 11.5 Å². The molecule has 0 saturated carbocycles. The largest absolute Gasteiger partial charge is 0.486 e. The van der Waals surface area contributed by atoms with Crippen molar-refractivity contribution in [2.24, 2.45) is 0 Å². The summed E-state index contributed by atoms with van der Waals surface area (Å²) in [6.07, 6.45) is -0.393. The molecule has 0 fully saturated rings. The van der Waals surface area contributed by atoms with Crippen LogP contribution in [0.3, 0.4) is 0 Å². The summed E-state index contributed by atoms with van der Waals surface area (Å²) >= 11 is 0. The number of carbonyl (C=O) groups excluding carboxylic acids is 1. The fourth-order valence-electron chi connectivity index (χ4n) is 2.14. The topological polar surface area (TPSA) is 47.6 Å². The van der Waals surface area contributed by atoms with Gasteiger partial charge in [0.25, 0.3) is 5.91 Å². The van der Waals surface area contributed by atoms with E-state index in [2.05, 4.69) is 5.32 Å². The molecular weight excluding hydrogens is 292 g/mol. The molecule has 0 radical (unpaired) electrons. The number of rotatable bonds is 3. The van der Waals surface area contributed by atoms with Crippen LogP contribution in [0, 0.1) is 11.6 Å².